The third-order valence-electron chi connectivity index (χ3n) is 8.98. The molecule has 5 nitrogen and oxygen atoms in total. The number of amides is 1. The van der Waals surface area contributed by atoms with Crippen LogP contribution in [0.5, 0.6) is 5.75 Å². The number of rotatable bonds is 3. The molecule has 3 aliphatic rings. The van der Waals surface area contributed by atoms with E-state index >= 15 is 0 Å². The van der Waals surface area contributed by atoms with Crippen LogP contribution in [0.2, 0.25) is 0 Å². The van der Waals surface area contributed by atoms with Crippen molar-refractivity contribution in [2.24, 2.45) is 0 Å². The number of carbonyl (C=O) groups excluding carboxylic acids is 1. The summed E-state index contributed by atoms with van der Waals surface area (Å²) in [6.07, 6.45) is 5.79. The Morgan fingerprint density at radius 3 is 2.05 bits per heavy atom. The van der Waals surface area contributed by atoms with Gasteiger partial charge >= 0.3 is 0 Å². The molecule has 5 heteroatoms. The van der Waals surface area contributed by atoms with Crippen LogP contribution in [0.25, 0.3) is 43.6 Å². The molecule has 184 valence electrons. The summed E-state index contributed by atoms with van der Waals surface area (Å²) in [7, 11) is 1.68. The highest BCUT2D eigenvalue weighted by atomic mass is 16.5. The fourth-order valence-electron chi connectivity index (χ4n) is 7.45. The number of nitrogens with zero attached hydrogens (tertiary/aromatic N) is 3. The minimum atomic E-state index is 0.127. The summed E-state index contributed by atoms with van der Waals surface area (Å²) < 4.78 is 10.4. The van der Waals surface area contributed by atoms with Crippen LogP contribution in [0.1, 0.15) is 40.0 Å². The van der Waals surface area contributed by atoms with E-state index in [1.165, 1.54) is 43.8 Å². The average molecular weight is 496 g/mol. The van der Waals surface area contributed by atoms with Crippen molar-refractivity contribution in [3.63, 3.8) is 0 Å². The average Bonchev–Trinajstić information content (AvgIpc) is 3.68. The molecule has 0 fully saturated rings. The number of carbonyl (C=O) groups is 1. The van der Waals surface area contributed by atoms with Gasteiger partial charge in [-0.2, -0.15) is 0 Å². The lowest BCUT2D eigenvalue weighted by molar-refractivity contribution is 0.0768. The van der Waals surface area contributed by atoms with Gasteiger partial charge in [0, 0.05) is 45.7 Å². The smallest absolute Gasteiger partial charge is 0.255 e. The third-order valence-corrected chi connectivity index (χ3v) is 8.98. The maximum absolute atomic E-state index is 14.3. The van der Waals surface area contributed by atoms with E-state index < -0.39 is 0 Å². The van der Waals surface area contributed by atoms with Crippen molar-refractivity contribution in [1.82, 2.24) is 14.0 Å². The van der Waals surface area contributed by atoms with E-state index in [0.717, 1.165) is 28.7 Å². The minimum absolute atomic E-state index is 0.127. The van der Waals surface area contributed by atoms with E-state index in [1.807, 2.05) is 17.0 Å². The van der Waals surface area contributed by atoms with Gasteiger partial charge in [0.2, 0.25) is 0 Å². The van der Waals surface area contributed by atoms with Gasteiger partial charge in [0.05, 0.1) is 35.8 Å². The largest absolute Gasteiger partial charge is 0.497 e. The molecule has 1 aliphatic carbocycles. The van der Waals surface area contributed by atoms with Crippen LogP contribution < -0.4 is 4.74 Å². The topological polar surface area (TPSA) is 39.4 Å². The number of allylic oxidation sites excluding steroid dienone is 2. The summed E-state index contributed by atoms with van der Waals surface area (Å²) in [4.78, 5) is 16.3. The second-order valence-electron chi connectivity index (χ2n) is 10.8. The molecule has 0 spiro atoms. The van der Waals surface area contributed by atoms with Crippen molar-refractivity contribution >= 4 is 49.5 Å². The van der Waals surface area contributed by atoms with Gasteiger partial charge in [0.15, 0.2) is 0 Å². The zero-order valence-corrected chi connectivity index (χ0v) is 21.0. The van der Waals surface area contributed by atoms with E-state index in [4.69, 9.17) is 4.74 Å². The molecule has 38 heavy (non-hydrogen) atoms. The van der Waals surface area contributed by atoms with Crippen molar-refractivity contribution in [3.05, 3.63) is 102 Å². The summed E-state index contributed by atoms with van der Waals surface area (Å²) in [5, 5.41) is 4.79. The molecule has 4 aromatic carbocycles. The molecule has 0 N–H and O–H groups in total. The van der Waals surface area contributed by atoms with Gasteiger partial charge in [-0.15, -0.1) is 0 Å². The Hall–Kier alpha value is -4.51. The van der Waals surface area contributed by atoms with Crippen LogP contribution in [0, 0.1) is 0 Å². The molecular formula is C33H25N3O2. The highest BCUT2D eigenvalue weighted by Gasteiger charge is 2.39. The molecule has 0 unspecified atom stereocenters. The monoisotopic (exact) mass is 495 g/mol. The lowest BCUT2D eigenvalue weighted by Gasteiger charge is -2.16. The Bertz CT molecular complexity index is 2030. The first-order valence-corrected chi connectivity index (χ1v) is 13.3. The third kappa shape index (κ3) is 2.40. The van der Waals surface area contributed by atoms with Crippen LogP contribution in [0.4, 0.5) is 0 Å². The number of hydrogen-bond donors (Lipinski definition) is 0. The first-order chi connectivity index (χ1) is 18.7. The fraction of sp³-hybridized carbons (Fsp3) is 0.182. The van der Waals surface area contributed by atoms with Gasteiger partial charge in [0.25, 0.3) is 5.91 Å². The van der Waals surface area contributed by atoms with E-state index in [1.54, 1.807) is 7.11 Å². The van der Waals surface area contributed by atoms with E-state index in [-0.39, 0.29) is 11.9 Å². The second kappa shape index (κ2) is 7.07. The van der Waals surface area contributed by atoms with Crippen LogP contribution in [-0.2, 0) is 13.1 Å². The SMILES string of the molecule is COc1ccc(CN2Cc3c(c4c5ccccc5n5c4c4c3c3ccccc3n4[C@H]3C=C[C@@H]5C3)C2=O)cc1. The zero-order valence-electron chi connectivity index (χ0n) is 21.0. The van der Waals surface area contributed by atoms with Crippen LogP contribution in [0.3, 0.4) is 0 Å². The van der Waals surface area contributed by atoms with Gasteiger partial charge in [-0.05, 0) is 41.8 Å². The number of hydrogen-bond acceptors (Lipinski definition) is 2. The first-order valence-electron chi connectivity index (χ1n) is 13.3. The molecule has 2 atom stereocenters. The Morgan fingerprint density at radius 1 is 0.789 bits per heavy atom. The Kier molecular flexibility index (Phi) is 3.82. The number of benzene rings is 4. The van der Waals surface area contributed by atoms with Crippen molar-refractivity contribution in [1.29, 1.82) is 0 Å². The predicted molar refractivity (Wildman–Crippen MR) is 151 cm³/mol. The quantitative estimate of drug-likeness (QED) is 0.245. The maximum Gasteiger partial charge on any atom is 0.255 e. The van der Waals surface area contributed by atoms with Gasteiger partial charge < -0.3 is 18.8 Å². The molecular weight excluding hydrogens is 470 g/mol. The molecule has 2 aromatic heterocycles. The van der Waals surface area contributed by atoms with E-state index in [2.05, 4.69) is 81.9 Å². The molecule has 2 bridgehead atoms. The zero-order chi connectivity index (χ0) is 25.1. The van der Waals surface area contributed by atoms with Crippen LogP contribution in [-0.4, -0.2) is 27.1 Å². The molecule has 2 aliphatic heterocycles. The number of fused-ring (bicyclic) bond motifs is 13. The van der Waals surface area contributed by atoms with Gasteiger partial charge in [-0.25, -0.2) is 0 Å². The highest BCUT2D eigenvalue weighted by Crippen LogP contribution is 2.52. The molecule has 4 heterocycles. The number of methoxy groups -OCH3 is 1. The molecule has 0 saturated heterocycles. The van der Waals surface area contributed by atoms with Gasteiger partial charge in [0.1, 0.15) is 5.75 Å². The highest BCUT2D eigenvalue weighted by molar-refractivity contribution is 6.31. The van der Waals surface area contributed by atoms with Gasteiger partial charge in [-0.1, -0.05) is 60.7 Å². The second-order valence-corrected chi connectivity index (χ2v) is 10.8. The summed E-state index contributed by atoms with van der Waals surface area (Å²) in [6, 6.07) is 26.0. The lowest BCUT2D eigenvalue weighted by atomic mass is 9.97. The number of aromatic nitrogens is 2. The van der Waals surface area contributed by atoms with Crippen LogP contribution in [0.15, 0.2) is 84.9 Å². The van der Waals surface area contributed by atoms with Crippen molar-refractivity contribution < 1.29 is 9.53 Å². The van der Waals surface area contributed by atoms with Crippen LogP contribution >= 0.6 is 0 Å². The van der Waals surface area contributed by atoms with Crippen molar-refractivity contribution in [3.8, 4) is 5.75 Å². The van der Waals surface area contributed by atoms with E-state index in [0.29, 0.717) is 19.1 Å². The summed E-state index contributed by atoms with van der Waals surface area (Å²) in [5.74, 6) is 0.953. The lowest BCUT2D eigenvalue weighted by Crippen LogP contribution is -2.23. The predicted octanol–water partition coefficient (Wildman–Crippen LogP) is 7.12. The normalized spacial score (nSPS) is 19.5. The van der Waals surface area contributed by atoms with Crippen molar-refractivity contribution in [2.75, 3.05) is 7.11 Å². The standard InChI is InChI=1S/C33H25N3O2/c1-38-22-14-10-19(11-15-22)17-34-18-25-28-23-6-2-4-8-26(23)35-20-12-13-21(16-20)36-27-9-5-3-7-24(27)29(30(25)33(34)37)32(36)31(28)35/h2-15,20-21H,16-18H2,1H3/t20-,21+/m0/s1. The molecule has 9 rings (SSSR count). The number of para-hydroxylation sites is 2. The molecule has 0 saturated carbocycles. The van der Waals surface area contributed by atoms with Gasteiger partial charge in [-0.3, -0.25) is 4.79 Å². The molecule has 0 radical (unpaired) electrons. The Balaban J connectivity index is 1.40. The Morgan fingerprint density at radius 2 is 1.39 bits per heavy atom. The fourth-order valence-corrected chi connectivity index (χ4v) is 7.45. The maximum atomic E-state index is 14.3. The first kappa shape index (κ1) is 20.5. The molecule has 1 amide bonds. The molecule has 6 aromatic rings. The Labute approximate surface area is 219 Å². The summed E-state index contributed by atoms with van der Waals surface area (Å²) >= 11 is 0. The summed E-state index contributed by atoms with van der Waals surface area (Å²) in [5.41, 5.74) is 8.14. The van der Waals surface area contributed by atoms with Crippen molar-refractivity contribution in [2.45, 2.75) is 31.6 Å². The number of ether oxygens (including phenoxy) is 1. The van der Waals surface area contributed by atoms with E-state index in [9.17, 15) is 4.79 Å². The summed E-state index contributed by atoms with van der Waals surface area (Å²) in [6.45, 7) is 1.19. The minimum Gasteiger partial charge on any atom is -0.497 e.